The minimum absolute atomic E-state index is 0.147. The number of aliphatic hydroxyl groups excluding tert-OH is 1. The van der Waals surface area contributed by atoms with Gasteiger partial charge < -0.3 is 10.0 Å². The number of nitrogens with zero attached hydrogens (tertiary/aromatic N) is 3. The van der Waals surface area contributed by atoms with E-state index in [4.69, 9.17) is 5.11 Å². The van der Waals surface area contributed by atoms with Gasteiger partial charge in [0.25, 0.3) is 0 Å². The predicted octanol–water partition coefficient (Wildman–Crippen LogP) is 1.65. The van der Waals surface area contributed by atoms with Gasteiger partial charge in [-0.05, 0) is 45.6 Å². The number of aryl methyl sites for hydroxylation is 3. The molecule has 5 nitrogen and oxygen atoms in total. The minimum Gasteiger partial charge on any atom is -0.396 e. The van der Waals surface area contributed by atoms with Crippen molar-refractivity contribution >= 4 is 5.91 Å². The van der Waals surface area contributed by atoms with Crippen molar-refractivity contribution in [2.75, 3.05) is 13.2 Å². The zero-order valence-corrected chi connectivity index (χ0v) is 12.5. The molecule has 1 aliphatic rings. The number of hydrogen-bond acceptors (Lipinski definition) is 3. The summed E-state index contributed by atoms with van der Waals surface area (Å²) >= 11 is 0. The Morgan fingerprint density at radius 3 is 2.75 bits per heavy atom. The van der Waals surface area contributed by atoms with Crippen molar-refractivity contribution in [3.8, 4) is 0 Å². The van der Waals surface area contributed by atoms with E-state index in [1.165, 1.54) is 6.42 Å². The number of hydrogen-bond donors (Lipinski definition) is 1. The van der Waals surface area contributed by atoms with Crippen LogP contribution in [0, 0.1) is 13.8 Å². The number of aliphatic hydroxyl groups is 1. The minimum atomic E-state index is 0.147. The molecule has 0 unspecified atom stereocenters. The standard InChI is InChI=1S/C15H25N3O2/c1-12-11-13(2)18(16-12)9-7-15(20)17(8-4-10-19)14-5-3-6-14/h11,14,19H,3-10H2,1-2H3. The Morgan fingerprint density at radius 1 is 1.50 bits per heavy atom. The Hall–Kier alpha value is -1.36. The molecule has 1 amide bonds. The van der Waals surface area contributed by atoms with Crippen LogP contribution in [0.2, 0.25) is 0 Å². The molecule has 1 aliphatic carbocycles. The van der Waals surface area contributed by atoms with E-state index in [1.807, 2.05) is 29.5 Å². The second kappa shape index (κ2) is 6.88. The Balaban J connectivity index is 1.89. The molecule has 0 radical (unpaired) electrons. The van der Waals surface area contributed by atoms with Crippen molar-refractivity contribution in [3.05, 3.63) is 17.5 Å². The zero-order chi connectivity index (χ0) is 14.5. The van der Waals surface area contributed by atoms with E-state index >= 15 is 0 Å². The molecule has 1 fully saturated rings. The molecule has 0 bridgehead atoms. The quantitative estimate of drug-likeness (QED) is 0.825. The molecule has 0 aromatic carbocycles. The monoisotopic (exact) mass is 279 g/mol. The summed E-state index contributed by atoms with van der Waals surface area (Å²) in [5.41, 5.74) is 2.09. The van der Waals surface area contributed by atoms with E-state index in [1.54, 1.807) is 0 Å². The summed E-state index contributed by atoms with van der Waals surface area (Å²) < 4.78 is 1.90. The van der Waals surface area contributed by atoms with Crippen molar-refractivity contribution in [1.29, 1.82) is 0 Å². The van der Waals surface area contributed by atoms with Gasteiger partial charge in [0.15, 0.2) is 0 Å². The van der Waals surface area contributed by atoms with Gasteiger partial charge in [-0.25, -0.2) is 0 Å². The second-order valence-corrected chi connectivity index (χ2v) is 5.65. The zero-order valence-electron chi connectivity index (χ0n) is 12.5. The van der Waals surface area contributed by atoms with Crippen LogP contribution in [-0.2, 0) is 11.3 Å². The van der Waals surface area contributed by atoms with Crippen molar-refractivity contribution in [1.82, 2.24) is 14.7 Å². The fraction of sp³-hybridized carbons (Fsp3) is 0.733. The summed E-state index contributed by atoms with van der Waals surface area (Å²) in [7, 11) is 0. The molecule has 1 saturated carbocycles. The topological polar surface area (TPSA) is 58.4 Å². The summed E-state index contributed by atoms with van der Waals surface area (Å²) in [6.45, 7) is 5.44. The smallest absolute Gasteiger partial charge is 0.224 e. The first-order chi connectivity index (χ1) is 9.61. The van der Waals surface area contributed by atoms with E-state index in [0.29, 0.717) is 32.0 Å². The molecule has 0 aliphatic heterocycles. The molecular weight excluding hydrogens is 254 g/mol. The molecule has 1 aromatic rings. The Labute approximate surface area is 120 Å². The van der Waals surface area contributed by atoms with Crippen LogP contribution in [0.4, 0.5) is 0 Å². The van der Waals surface area contributed by atoms with Crippen LogP contribution in [0.5, 0.6) is 0 Å². The molecule has 20 heavy (non-hydrogen) atoms. The largest absolute Gasteiger partial charge is 0.396 e. The van der Waals surface area contributed by atoms with Crippen LogP contribution in [0.15, 0.2) is 6.07 Å². The van der Waals surface area contributed by atoms with Gasteiger partial charge in [0.05, 0.1) is 5.69 Å². The van der Waals surface area contributed by atoms with Crippen LogP contribution in [0.25, 0.3) is 0 Å². The highest BCUT2D eigenvalue weighted by atomic mass is 16.3. The lowest BCUT2D eigenvalue weighted by molar-refractivity contribution is -0.135. The highest BCUT2D eigenvalue weighted by Gasteiger charge is 2.28. The van der Waals surface area contributed by atoms with Gasteiger partial charge in [-0.1, -0.05) is 0 Å². The van der Waals surface area contributed by atoms with E-state index < -0.39 is 0 Å². The molecule has 0 atom stereocenters. The molecule has 112 valence electrons. The first-order valence-corrected chi connectivity index (χ1v) is 7.53. The second-order valence-electron chi connectivity index (χ2n) is 5.65. The average Bonchev–Trinajstić information content (AvgIpc) is 2.67. The SMILES string of the molecule is Cc1cc(C)n(CCC(=O)N(CCCO)C2CCC2)n1. The lowest BCUT2D eigenvalue weighted by Gasteiger charge is -2.37. The Bertz CT molecular complexity index is 452. The molecule has 0 saturated heterocycles. The lowest BCUT2D eigenvalue weighted by Crippen LogP contribution is -2.45. The van der Waals surface area contributed by atoms with Crippen molar-refractivity contribution in [2.45, 2.75) is 58.5 Å². The van der Waals surface area contributed by atoms with Gasteiger partial charge in [0.2, 0.25) is 5.91 Å². The van der Waals surface area contributed by atoms with Crippen molar-refractivity contribution in [2.24, 2.45) is 0 Å². The third-order valence-corrected chi connectivity index (χ3v) is 4.03. The van der Waals surface area contributed by atoms with Crippen LogP contribution < -0.4 is 0 Å². The molecular formula is C15H25N3O2. The fourth-order valence-corrected chi connectivity index (χ4v) is 2.70. The van der Waals surface area contributed by atoms with E-state index in [0.717, 1.165) is 24.2 Å². The Kier molecular flexibility index (Phi) is 5.17. The fourth-order valence-electron chi connectivity index (χ4n) is 2.70. The lowest BCUT2D eigenvalue weighted by atomic mass is 9.91. The van der Waals surface area contributed by atoms with Crippen molar-refractivity contribution < 1.29 is 9.90 Å². The summed E-state index contributed by atoms with van der Waals surface area (Å²) in [6, 6.07) is 2.43. The third-order valence-electron chi connectivity index (χ3n) is 4.03. The first-order valence-electron chi connectivity index (χ1n) is 7.53. The third kappa shape index (κ3) is 3.60. The summed E-state index contributed by atoms with van der Waals surface area (Å²) in [4.78, 5) is 14.3. The first kappa shape index (κ1) is 15.0. The summed E-state index contributed by atoms with van der Waals surface area (Å²) in [5.74, 6) is 0.190. The summed E-state index contributed by atoms with van der Waals surface area (Å²) in [5, 5.41) is 13.4. The maximum atomic E-state index is 12.4. The summed E-state index contributed by atoms with van der Waals surface area (Å²) in [6.07, 6.45) is 4.59. The normalized spacial score (nSPS) is 15.2. The molecule has 1 heterocycles. The highest BCUT2D eigenvalue weighted by molar-refractivity contribution is 5.76. The van der Waals surface area contributed by atoms with E-state index in [2.05, 4.69) is 5.10 Å². The number of amides is 1. The van der Waals surface area contributed by atoms with Crippen LogP contribution in [0.1, 0.15) is 43.5 Å². The molecule has 0 spiro atoms. The molecule has 2 rings (SSSR count). The van der Waals surface area contributed by atoms with E-state index in [-0.39, 0.29) is 12.5 Å². The van der Waals surface area contributed by atoms with Gasteiger partial charge in [-0.2, -0.15) is 5.10 Å². The number of carbonyl (C=O) groups excluding carboxylic acids is 1. The van der Waals surface area contributed by atoms with Gasteiger partial charge >= 0.3 is 0 Å². The maximum absolute atomic E-state index is 12.4. The van der Waals surface area contributed by atoms with E-state index in [9.17, 15) is 4.79 Å². The highest BCUT2D eigenvalue weighted by Crippen LogP contribution is 2.25. The number of carbonyl (C=O) groups is 1. The molecule has 5 heteroatoms. The predicted molar refractivity (Wildman–Crippen MR) is 77.4 cm³/mol. The van der Waals surface area contributed by atoms with Crippen molar-refractivity contribution in [3.63, 3.8) is 0 Å². The van der Waals surface area contributed by atoms with Gasteiger partial charge in [-0.15, -0.1) is 0 Å². The maximum Gasteiger partial charge on any atom is 0.224 e. The van der Waals surface area contributed by atoms with Crippen LogP contribution in [-0.4, -0.2) is 44.9 Å². The number of aromatic nitrogens is 2. The van der Waals surface area contributed by atoms with Gasteiger partial charge in [0.1, 0.15) is 0 Å². The van der Waals surface area contributed by atoms with Crippen LogP contribution >= 0.6 is 0 Å². The number of rotatable bonds is 7. The van der Waals surface area contributed by atoms with Gasteiger partial charge in [0, 0.05) is 37.9 Å². The average molecular weight is 279 g/mol. The molecule has 1 aromatic heterocycles. The Morgan fingerprint density at radius 2 is 2.25 bits per heavy atom. The van der Waals surface area contributed by atoms with Gasteiger partial charge in [-0.3, -0.25) is 9.48 Å². The van der Waals surface area contributed by atoms with Crippen LogP contribution in [0.3, 0.4) is 0 Å². The molecule has 1 N–H and O–H groups in total.